The van der Waals surface area contributed by atoms with Gasteiger partial charge in [-0.2, -0.15) is 0 Å². The van der Waals surface area contributed by atoms with Crippen LogP contribution in [-0.2, 0) is 6.54 Å². The van der Waals surface area contributed by atoms with Crippen LogP contribution in [0.4, 0.5) is 4.39 Å². The van der Waals surface area contributed by atoms with E-state index in [1.165, 1.54) is 6.07 Å². The smallest absolute Gasteiger partial charge is 0.129 e. The summed E-state index contributed by atoms with van der Waals surface area (Å²) in [5.74, 6) is -0.310. The molecule has 2 nitrogen and oxygen atoms in total. The molecule has 4 heteroatoms. The Morgan fingerprint density at radius 1 is 1.44 bits per heavy atom. The van der Waals surface area contributed by atoms with Crippen molar-refractivity contribution in [2.24, 2.45) is 0 Å². The van der Waals surface area contributed by atoms with Crippen molar-refractivity contribution in [1.29, 1.82) is 0 Å². The first kappa shape index (κ1) is 13.4. The molecule has 0 saturated heterocycles. The summed E-state index contributed by atoms with van der Waals surface area (Å²) in [4.78, 5) is 1.87. The molecule has 0 bridgehead atoms. The maximum atomic E-state index is 13.5. The Morgan fingerprint density at radius 2 is 2.06 bits per heavy atom. The molecule has 0 heterocycles. The van der Waals surface area contributed by atoms with E-state index in [1.807, 2.05) is 11.9 Å². The molecule has 0 saturated carbocycles. The third-order valence-corrected chi connectivity index (χ3v) is 2.35. The van der Waals surface area contributed by atoms with E-state index in [4.69, 9.17) is 11.6 Å². The Balaban J connectivity index is 2.66. The zero-order chi connectivity index (χ0) is 12.3. The minimum atomic E-state index is -0.780. The molecule has 0 radical (unpaired) electrons. The Hall–Kier alpha value is -0.640. The van der Waals surface area contributed by atoms with Crippen LogP contribution in [-0.4, -0.2) is 29.2 Å². The summed E-state index contributed by atoms with van der Waals surface area (Å²) < 4.78 is 13.5. The average Bonchev–Trinajstić information content (AvgIpc) is 2.06. The molecule has 1 aromatic carbocycles. The molecular formula is C12H17ClFNO. The van der Waals surface area contributed by atoms with Gasteiger partial charge in [0.1, 0.15) is 5.82 Å². The highest BCUT2D eigenvalue weighted by Crippen LogP contribution is 2.16. The van der Waals surface area contributed by atoms with Crippen molar-refractivity contribution >= 4 is 11.6 Å². The number of nitrogens with zero attached hydrogens (tertiary/aromatic N) is 1. The lowest BCUT2D eigenvalue weighted by molar-refractivity contribution is 0.0422. The number of hydrogen-bond donors (Lipinski definition) is 1. The molecule has 1 aromatic rings. The Bertz CT molecular complexity index is 363. The molecular weight excluding hydrogens is 229 g/mol. The Labute approximate surface area is 101 Å². The van der Waals surface area contributed by atoms with E-state index in [0.717, 1.165) is 0 Å². The summed E-state index contributed by atoms with van der Waals surface area (Å²) in [6.45, 7) is 4.38. The monoisotopic (exact) mass is 245 g/mol. The number of halogens is 2. The lowest BCUT2D eigenvalue weighted by atomic mass is 10.1. The van der Waals surface area contributed by atoms with Gasteiger partial charge in [0.15, 0.2) is 0 Å². The molecule has 0 spiro atoms. The minimum absolute atomic E-state index is 0.310. The van der Waals surface area contributed by atoms with Crippen molar-refractivity contribution in [3.8, 4) is 0 Å². The Kier molecular flexibility index (Phi) is 4.30. The molecule has 0 unspecified atom stereocenters. The van der Waals surface area contributed by atoms with Gasteiger partial charge in [-0.1, -0.05) is 17.7 Å². The van der Waals surface area contributed by atoms with Gasteiger partial charge in [-0.05, 0) is 33.0 Å². The van der Waals surface area contributed by atoms with Gasteiger partial charge in [0.2, 0.25) is 0 Å². The molecule has 0 aromatic heterocycles. The lowest BCUT2D eigenvalue weighted by Gasteiger charge is -2.25. The van der Waals surface area contributed by atoms with Crippen LogP contribution < -0.4 is 0 Å². The maximum Gasteiger partial charge on any atom is 0.129 e. The lowest BCUT2D eigenvalue weighted by Crippen LogP contribution is -2.35. The second-order valence-corrected chi connectivity index (χ2v) is 5.16. The SMILES string of the molecule is CN(Cc1ccc(Cl)cc1F)CC(C)(C)O. The van der Waals surface area contributed by atoms with Crippen molar-refractivity contribution in [1.82, 2.24) is 4.90 Å². The average molecular weight is 246 g/mol. The van der Waals surface area contributed by atoms with Crippen molar-refractivity contribution in [3.05, 3.63) is 34.6 Å². The predicted molar refractivity (Wildman–Crippen MR) is 64.0 cm³/mol. The zero-order valence-electron chi connectivity index (χ0n) is 9.80. The normalized spacial score (nSPS) is 12.2. The number of likely N-dealkylation sites (N-methyl/N-ethyl adjacent to an activating group) is 1. The molecule has 90 valence electrons. The van der Waals surface area contributed by atoms with Gasteiger partial charge in [0.25, 0.3) is 0 Å². The largest absolute Gasteiger partial charge is 0.389 e. The van der Waals surface area contributed by atoms with Gasteiger partial charge in [-0.3, -0.25) is 4.90 Å². The van der Waals surface area contributed by atoms with Gasteiger partial charge in [-0.15, -0.1) is 0 Å². The fraction of sp³-hybridized carbons (Fsp3) is 0.500. The summed E-state index contributed by atoms with van der Waals surface area (Å²) in [5, 5.41) is 10.0. The van der Waals surface area contributed by atoms with Crippen molar-refractivity contribution in [3.63, 3.8) is 0 Å². The predicted octanol–water partition coefficient (Wildman–Crippen LogP) is 2.68. The van der Waals surface area contributed by atoms with Crippen LogP contribution in [0.3, 0.4) is 0 Å². The standard InChI is InChI=1S/C12H17ClFNO/c1-12(2,16)8-15(3)7-9-4-5-10(13)6-11(9)14/h4-6,16H,7-8H2,1-3H3. The summed E-state index contributed by atoms with van der Waals surface area (Å²) in [6.07, 6.45) is 0. The summed E-state index contributed by atoms with van der Waals surface area (Å²) >= 11 is 5.67. The van der Waals surface area contributed by atoms with E-state index >= 15 is 0 Å². The van der Waals surface area contributed by atoms with E-state index in [0.29, 0.717) is 23.7 Å². The van der Waals surface area contributed by atoms with E-state index in [1.54, 1.807) is 26.0 Å². The molecule has 1 N–H and O–H groups in total. The van der Waals surface area contributed by atoms with Crippen molar-refractivity contribution < 1.29 is 9.50 Å². The first-order valence-electron chi connectivity index (χ1n) is 5.13. The number of rotatable bonds is 4. The van der Waals surface area contributed by atoms with Crippen LogP contribution in [0.25, 0.3) is 0 Å². The number of benzene rings is 1. The molecule has 0 atom stereocenters. The Morgan fingerprint density at radius 3 is 2.56 bits per heavy atom. The zero-order valence-corrected chi connectivity index (χ0v) is 10.6. The molecule has 0 aliphatic carbocycles. The van der Waals surface area contributed by atoms with Crippen LogP contribution in [0.5, 0.6) is 0 Å². The maximum absolute atomic E-state index is 13.5. The summed E-state index contributed by atoms with van der Waals surface area (Å²) in [5.41, 5.74) is -0.200. The second kappa shape index (κ2) is 5.13. The number of hydrogen-bond acceptors (Lipinski definition) is 2. The van der Waals surface area contributed by atoms with Crippen LogP contribution in [0.2, 0.25) is 5.02 Å². The van der Waals surface area contributed by atoms with Gasteiger partial charge >= 0.3 is 0 Å². The van der Waals surface area contributed by atoms with Crippen LogP contribution in [0, 0.1) is 5.82 Å². The molecule has 16 heavy (non-hydrogen) atoms. The van der Waals surface area contributed by atoms with Crippen molar-refractivity contribution in [2.45, 2.75) is 26.0 Å². The molecule has 0 fully saturated rings. The fourth-order valence-electron chi connectivity index (χ4n) is 1.66. The van der Waals surface area contributed by atoms with E-state index in [2.05, 4.69) is 0 Å². The van der Waals surface area contributed by atoms with Gasteiger partial charge in [0, 0.05) is 23.7 Å². The van der Waals surface area contributed by atoms with E-state index < -0.39 is 5.60 Å². The molecule has 1 rings (SSSR count). The first-order chi connectivity index (χ1) is 7.28. The second-order valence-electron chi connectivity index (χ2n) is 4.72. The molecule has 0 amide bonds. The number of aliphatic hydroxyl groups is 1. The van der Waals surface area contributed by atoms with Gasteiger partial charge < -0.3 is 5.11 Å². The third-order valence-electron chi connectivity index (χ3n) is 2.11. The molecule has 0 aliphatic rings. The van der Waals surface area contributed by atoms with Crippen molar-refractivity contribution in [2.75, 3.05) is 13.6 Å². The van der Waals surface area contributed by atoms with Crippen LogP contribution >= 0.6 is 11.6 Å². The fourth-order valence-corrected chi connectivity index (χ4v) is 1.82. The van der Waals surface area contributed by atoms with Gasteiger partial charge in [-0.25, -0.2) is 4.39 Å². The first-order valence-corrected chi connectivity index (χ1v) is 5.50. The van der Waals surface area contributed by atoms with Crippen LogP contribution in [0.15, 0.2) is 18.2 Å². The van der Waals surface area contributed by atoms with E-state index in [-0.39, 0.29) is 5.82 Å². The highest BCUT2D eigenvalue weighted by Gasteiger charge is 2.16. The van der Waals surface area contributed by atoms with Crippen LogP contribution in [0.1, 0.15) is 19.4 Å². The summed E-state index contributed by atoms with van der Waals surface area (Å²) in [7, 11) is 1.84. The summed E-state index contributed by atoms with van der Waals surface area (Å²) in [6, 6.07) is 4.63. The topological polar surface area (TPSA) is 23.5 Å². The van der Waals surface area contributed by atoms with Gasteiger partial charge in [0.05, 0.1) is 5.60 Å². The quantitative estimate of drug-likeness (QED) is 0.882. The highest BCUT2D eigenvalue weighted by atomic mass is 35.5. The highest BCUT2D eigenvalue weighted by molar-refractivity contribution is 6.30. The van der Waals surface area contributed by atoms with E-state index in [9.17, 15) is 9.50 Å². The minimum Gasteiger partial charge on any atom is -0.389 e. The third kappa shape index (κ3) is 4.47. The molecule has 0 aliphatic heterocycles.